The maximum atomic E-state index is 13.6. The van der Waals surface area contributed by atoms with Crippen LogP contribution in [0.2, 0.25) is 0 Å². The number of nitrogens with zero attached hydrogens (tertiary/aromatic N) is 5. The van der Waals surface area contributed by atoms with Gasteiger partial charge in [-0.15, -0.1) is 0 Å². The fraction of sp³-hybridized carbons (Fsp3) is 0.242. The number of aliphatic hydroxyl groups excluding tert-OH is 1. The third kappa shape index (κ3) is 5.50. The quantitative estimate of drug-likeness (QED) is 0.300. The number of ether oxygens (including phenoxy) is 1. The second-order valence-electron chi connectivity index (χ2n) is 10.8. The zero-order chi connectivity index (χ0) is 30.1. The minimum atomic E-state index is -0.300. The van der Waals surface area contributed by atoms with Crippen molar-refractivity contribution in [1.82, 2.24) is 14.1 Å². The van der Waals surface area contributed by atoms with Crippen molar-refractivity contribution in [2.45, 2.75) is 6.61 Å². The van der Waals surface area contributed by atoms with Crippen molar-refractivity contribution >= 4 is 33.7 Å². The number of rotatable bonds is 7. The third-order valence-corrected chi connectivity index (χ3v) is 7.85. The van der Waals surface area contributed by atoms with Gasteiger partial charge in [-0.05, 0) is 59.5 Å². The SMILES string of the molecule is CN(C)c1ccc2c(=O)n(-c3cccc(-c4cc(Nc5ccc(N6CCOCC6)cn5)c(=O)n(C)c4)c3CO)ccc2c1. The number of benzene rings is 2. The lowest BCUT2D eigenvalue weighted by Crippen LogP contribution is -2.36. The maximum Gasteiger partial charge on any atom is 0.274 e. The number of aliphatic hydroxyl groups is 1. The first-order chi connectivity index (χ1) is 20.8. The summed E-state index contributed by atoms with van der Waals surface area (Å²) >= 11 is 0. The van der Waals surface area contributed by atoms with Gasteiger partial charge in [0.2, 0.25) is 0 Å². The van der Waals surface area contributed by atoms with Gasteiger partial charge in [-0.1, -0.05) is 12.1 Å². The van der Waals surface area contributed by atoms with E-state index in [-0.39, 0.29) is 17.7 Å². The number of aryl methyl sites for hydroxylation is 1. The second kappa shape index (κ2) is 11.7. The van der Waals surface area contributed by atoms with Crippen molar-refractivity contribution < 1.29 is 9.84 Å². The summed E-state index contributed by atoms with van der Waals surface area (Å²) in [6.45, 7) is 2.70. The minimum Gasteiger partial charge on any atom is -0.392 e. The Balaban J connectivity index is 1.36. The Morgan fingerprint density at radius 3 is 2.53 bits per heavy atom. The zero-order valence-electron chi connectivity index (χ0n) is 24.4. The average Bonchev–Trinajstić information content (AvgIpc) is 3.03. The van der Waals surface area contributed by atoms with Gasteiger partial charge in [0.05, 0.1) is 37.4 Å². The summed E-state index contributed by atoms with van der Waals surface area (Å²) in [5, 5.41) is 15.2. The van der Waals surface area contributed by atoms with Gasteiger partial charge in [0.25, 0.3) is 11.1 Å². The predicted molar refractivity (Wildman–Crippen MR) is 171 cm³/mol. The third-order valence-electron chi connectivity index (χ3n) is 7.85. The molecule has 3 aromatic heterocycles. The number of aromatic nitrogens is 3. The van der Waals surface area contributed by atoms with E-state index in [4.69, 9.17) is 4.74 Å². The van der Waals surface area contributed by atoms with Crippen molar-refractivity contribution in [2.75, 3.05) is 55.5 Å². The number of hydrogen-bond donors (Lipinski definition) is 2. The molecular weight excluding hydrogens is 544 g/mol. The molecule has 0 bridgehead atoms. The van der Waals surface area contributed by atoms with Gasteiger partial charge >= 0.3 is 0 Å². The van der Waals surface area contributed by atoms with Crippen LogP contribution in [0.4, 0.5) is 22.9 Å². The number of anilines is 4. The van der Waals surface area contributed by atoms with Crippen molar-refractivity contribution in [3.8, 4) is 16.8 Å². The molecule has 0 spiro atoms. The van der Waals surface area contributed by atoms with Crippen LogP contribution in [0, 0.1) is 0 Å². The average molecular weight is 579 g/mol. The molecule has 0 saturated carbocycles. The van der Waals surface area contributed by atoms with E-state index in [1.54, 1.807) is 36.3 Å². The normalized spacial score (nSPS) is 13.3. The molecule has 220 valence electrons. The monoisotopic (exact) mass is 578 g/mol. The summed E-state index contributed by atoms with van der Waals surface area (Å²) in [6.07, 6.45) is 5.26. The molecule has 2 N–H and O–H groups in total. The highest BCUT2D eigenvalue weighted by molar-refractivity contribution is 5.85. The highest BCUT2D eigenvalue weighted by Gasteiger charge is 2.17. The van der Waals surface area contributed by atoms with Crippen LogP contribution >= 0.6 is 0 Å². The van der Waals surface area contributed by atoms with Gasteiger partial charge in [0, 0.05) is 68.8 Å². The molecule has 1 aliphatic heterocycles. The molecule has 0 radical (unpaired) electrons. The van der Waals surface area contributed by atoms with E-state index in [0.717, 1.165) is 29.9 Å². The molecule has 0 aliphatic carbocycles. The lowest BCUT2D eigenvalue weighted by Gasteiger charge is -2.28. The lowest BCUT2D eigenvalue weighted by atomic mass is 9.99. The first kappa shape index (κ1) is 28.2. The van der Waals surface area contributed by atoms with E-state index in [1.165, 1.54) is 4.57 Å². The Labute approximate surface area is 249 Å². The van der Waals surface area contributed by atoms with Crippen LogP contribution in [0.1, 0.15) is 5.56 Å². The number of morpholine rings is 1. The maximum absolute atomic E-state index is 13.6. The van der Waals surface area contributed by atoms with Crippen LogP contribution in [0.5, 0.6) is 0 Å². The van der Waals surface area contributed by atoms with E-state index in [1.807, 2.05) is 73.6 Å². The summed E-state index contributed by atoms with van der Waals surface area (Å²) in [6, 6.07) is 18.8. The van der Waals surface area contributed by atoms with E-state index < -0.39 is 0 Å². The smallest absolute Gasteiger partial charge is 0.274 e. The first-order valence-corrected chi connectivity index (χ1v) is 14.2. The van der Waals surface area contributed by atoms with Crippen molar-refractivity contribution in [2.24, 2.45) is 7.05 Å². The predicted octanol–water partition coefficient (Wildman–Crippen LogP) is 3.89. The molecule has 0 atom stereocenters. The van der Waals surface area contributed by atoms with Crippen LogP contribution in [-0.2, 0) is 18.4 Å². The highest BCUT2D eigenvalue weighted by Crippen LogP contribution is 2.30. The fourth-order valence-corrected chi connectivity index (χ4v) is 5.50. The molecule has 5 aromatic rings. The fourth-order valence-electron chi connectivity index (χ4n) is 5.50. The lowest BCUT2D eigenvalue weighted by molar-refractivity contribution is 0.122. The van der Waals surface area contributed by atoms with Gasteiger partial charge < -0.3 is 29.5 Å². The summed E-state index contributed by atoms with van der Waals surface area (Å²) in [5.74, 6) is 0.544. The Bertz CT molecular complexity index is 1910. The molecule has 1 fully saturated rings. The molecule has 1 aliphatic rings. The number of fused-ring (bicyclic) bond motifs is 1. The van der Waals surface area contributed by atoms with Crippen molar-refractivity contribution in [3.05, 3.63) is 106 Å². The Kier molecular flexibility index (Phi) is 7.71. The minimum absolute atomic E-state index is 0.177. The van der Waals surface area contributed by atoms with Crippen LogP contribution in [0.3, 0.4) is 0 Å². The van der Waals surface area contributed by atoms with Gasteiger partial charge in [0.1, 0.15) is 11.5 Å². The molecule has 4 heterocycles. The van der Waals surface area contributed by atoms with Crippen LogP contribution in [0.25, 0.3) is 27.6 Å². The molecule has 0 amide bonds. The summed E-state index contributed by atoms with van der Waals surface area (Å²) in [4.78, 5) is 35.4. The van der Waals surface area contributed by atoms with E-state index in [9.17, 15) is 14.7 Å². The van der Waals surface area contributed by atoms with Gasteiger partial charge in [-0.2, -0.15) is 0 Å². The molecule has 2 aromatic carbocycles. The first-order valence-electron chi connectivity index (χ1n) is 14.2. The summed E-state index contributed by atoms with van der Waals surface area (Å²) in [5.41, 5.74) is 4.54. The topological polar surface area (TPSA) is 105 Å². The van der Waals surface area contributed by atoms with E-state index in [2.05, 4.69) is 15.2 Å². The largest absolute Gasteiger partial charge is 0.392 e. The molecular formula is C33H34N6O4. The number of hydrogen-bond acceptors (Lipinski definition) is 8. The van der Waals surface area contributed by atoms with E-state index in [0.29, 0.717) is 52.5 Å². The second-order valence-corrected chi connectivity index (χ2v) is 10.8. The summed E-state index contributed by atoms with van der Waals surface area (Å²) in [7, 11) is 5.60. The number of pyridine rings is 3. The Morgan fingerprint density at radius 1 is 1.00 bits per heavy atom. The van der Waals surface area contributed by atoms with Crippen LogP contribution < -0.4 is 26.2 Å². The molecule has 10 heteroatoms. The van der Waals surface area contributed by atoms with Crippen LogP contribution in [0.15, 0.2) is 88.8 Å². The Hall–Kier alpha value is -4.93. The number of nitrogens with one attached hydrogen (secondary N) is 1. The van der Waals surface area contributed by atoms with E-state index >= 15 is 0 Å². The summed E-state index contributed by atoms with van der Waals surface area (Å²) < 4.78 is 8.49. The molecule has 0 unspecified atom stereocenters. The molecule has 1 saturated heterocycles. The van der Waals surface area contributed by atoms with Gasteiger partial charge in [0.15, 0.2) is 0 Å². The molecule has 6 rings (SSSR count). The van der Waals surface area contributed by atoms with Gasteiger partial charge in [-0.3, -0.25) is 14.2 Å². The Morgan fingerprint density at radius 2 is 1.81 bits per heavy atom. The zero-order valence-corrected chi connectivity index (χ0v) is 24.4. The molecule has 10 nitrogen and oxygen atoms in total. The van der Waals surface area contributed by atoms with Gasteiger partial charge in [-0.25, -0.2) is 4.98 Å². The standard InChI is InChI=1S/C33H34N6O4/c1-36(2)24-7-9-27-22(17-24)11-12-39(32(27)41)30-6-4-5-26(28(30)21-40)23-18-29(33(42)37(3)20-23)35-31-10-8-25(19-34-31)38-13-15-43-16-14-38/h4-12,17-20,40H,13-16,21H2,1-3H3,(H,34,35). The highest BCUT2D eigenvalue weighted by atomic mass is 16.5. The molecule has 43 heavy (non-hydrogen) atoms. The van der Waals surface area contributed by atoms with Crippen LogP contribution in [-0.4, -0.2) is 59.6 Å². The van der Waals surface area contributed by atoms with Crippen molar-refractivity contribution in [1.29, 1.82) is 0 Å². The van der Waals surface area contributed by atoms with Crippen molar-refractivity contribution in [3.63, 3.8) is 0 Å².